The second kappa shape index (κ2) is 6.38. The van der Waals surface area contributed by atoms with E-state index in [2.05, 4.69) is 11.0 Å². The minimum atomic E-state index is -0.386. The molecule has 2 amide bonds. The Labute approximate surface area is 131 Å². The molecule has 1 aromatic carbocycles. The SMILES string of the molecule is NC(=O)C1CC(=O)N(c2ccccc2N2CCCCCC2)C1. The maximum absolute atomic E-state index is 12.3. The number of para-hydroxylation sites is 2. The summed E-state index contributed by atoms with van der Waals surface area (Å²) in [5, 5.41) is 0. The molecule has 1 aromatic rings. The van der Waals surface area contributed by atoms with Gasteiger partial charge < -0.3 is 15.5 Å². The highest BCUT2D eigenvalue weighted by Crippen LogP contribution is 2.34. The Morgan fingerprint density at radius 3 is 2.27 bits per heavy atom. The van der Waals surface area contributed by atoms with Crippen molar-refractivity contribution in [3.05, 3.63) is 24.3 Å². The molecular formula is C17H23N3O2. The zero-order chi connectivity index (χ0) is 15.5. The number of nitrogens with zero attached hydrogens (tertiary/aromatic N) is 2. The van der Waals surface area contributed by atoms with Crippen molar-refractivity contribution >= 4 is 23.2 Å². The van der Waals surface area contributed by atoms with E-state index in [1.54, 1.807) is 4.90 Å². The smallest absolute Gasteiger partial charge is 0.227 e. The monoisotopic (exact) mass is 301 g/mol. The van der Waals surface area contributed by atoms with E-state index in [-0.39, 0.29) is 24.2 Å². The first-order valence-electron chi connectivity index (χ1n) is 8.10. The van der Waals surface area contributed by atoms with Crippen molar-refractivity contribution in [1.29, 1.82) is 0 Å². The molecule has 5 nitrogen and oxygen atoms in total. The van der Waals surface area contributed by atoms with E-state index in [1.807, 2.05) is 18.2 Å². The second-order valence-electron chi connectivity index (χ2n) is 6.20. The maximum Gasteiger partial charge on any atom is 0.227 e. The van der Waals surface area contributed by atoms with Crippen LogP contribution in [-0.4, -0.2) is 31.4 Å². The summed E-state index contributed by atoms with van der Waals surface area (Å²) in [5.74, 6) is -0.765. The summed E-state index contributed by atoms with van der Waals surface area (Å²) in [7, 11) is 0. The first-order chi connectivity index (χ1) is 10.7. The number of anilines is 2. The van der Waals surface area contributed by atoms with Crippen LogP contribution in [0.4, 0.5) is 11.4 Å². The number of amides is 2. The fourth-order valence-electron chi connectivity index (χ4n) is 3.40. The average molecular weight is 301 g/mol. The molecule has 0 spiro atoms. The summed E-state index contributed by atoms with van der Waals surface area (Å²) in [6.07, 6.45) is 5.14. The van der Waals surface area contributed by atoms with Gasteiger partial charge in [-0.05, 0) is 25.0 Å². The van der Waals surface area contributed by atoms with Crippen molar-refractivity contribution in [3.8, 4) is 0 Å². The molecule has 2 N–H and O–H groups in total. The topological polar surface area (TPSA) is 66.6 Å². The van der Waals surface area contributed by atoms with Crippen molar-refractivity contribution in [2.45, 2.75) is 32.1 Å². The zero-order valence-corrected chi connectivity index (χ0v) is 12.8. The summed E-state index contributed by atoms with van der Waals surface area (Å²) in [4.78, 5) is 27.8. The van der Waals surface area contributed by atoms with Crippen LogP contribution in [0, 0.1) is 5.92 Å². The molecule has 0 aliphatic carbocycles. The predicted octanol–water partition coefficient (Wildman–Crippen LogP) is 1.91. The number of rotatable bonds is 3. The molecule has 118 valence electrons. The Hall–Kier alpha value is -2.04. The van der Waals surface area contributed by atoms with Crippen LogP contribution in [0.3, 0.4) is 0 Å². The normalized spacial score (nSPS) is 22.7. The molecular weight excluding hydrogens is 278 g/mol. The van der Waals surface area contributed by atoms with E-state index < -0.39 is 0 Å². The van der Waals surface area contributed by atoms with Crippen LogP contribution in [-0.2, 0) is 9.59 Å². The predicted molar refractivity (Wildman–Crippen MR) is 86.8 cm³/mol. The van der Waals surface area contributed by atoms with Gasteiger partial charge in [-0.1, -0.05) is 25.0 Å². The quantitative estimate of drug-likeness (QED) is 0.927. The lowest BCUT2D eigenvalue weighted by Crippen LogP contribution is -2.31. The Morgan fingerprint density at radius 2 is 1.68 bits per heavy atom. The van der Waals surface area contributed by atoms with Gasteiger partial charge in [-0.3, -0.25) is 9.59 Å². The van der Waals surface area contributed by atoms with Crippen molar-refractivity contribution < 1.29 is 9.59 Å². The summed E-state index contributed by atoms with van der Waals surface area (Å²) >= 11 is 0. The highest BCUT2D eigenvalue weighted by atomic mass is 16.2. The molecule has 5 heteroatoms. The molecule has 0 aromatic heterocycles. The number of nitrogens with two attached hydrogens (primary N) is 1. The first kappa shape index (κ1) is 14.9. The highest BCUT2D eigenvalue weighted by Gasteiger charge is 2.35. The van der Waals surface area contributed by atoms with E-state index in [0.29, 0.717) is 6.54 Å². The number of hydrogen-bond acceptors (Lipinski definition) is 3. The van der Waals surface area contributed by atoms with Gasteiger partial charge in [-0.2, -0.15) is 0 Å². The highest BCUT2D eigenvalue weighted by molar-refractivity contribution is 6.02. The number of carbonyl (C=O) groups is 2. The Balaban J connectivity index is 1.88. The maximum atomic E-state index is 12.3. The number of benzene rings is 1. The van der Waals surface area contributed by atoms with Gasteiger partial charge >= 0.3 is 0 Å². The Morgan fingerprint density at radius 1 is 1.05 bits per heavy atom. The van der Waals surface area contributed by atoms with Gasteiger partial charge in [-0.25, -0.2) is 0 Å². The van der Waals surface area contributed by atoms with Crippen molar-refractivity contribution in [2.75, 3.05) is 29.4 Å². The van der Waals surface area contributed by atoms with Crippen molar-refractivity contribution in [1.82, 2.24) is 0 Å². The van der Waals surface area contributed by atoms with Crippen molar-refractivity contribution in [2.24, 2.45) is 11.7 Å². The standard InChI is InChI=1S/C17H23N3O2/c18-17(22)13-11-16(21)20(12-13)15-8-4-3-7-14(15)19-9-5-1-2-6-10-19/h3-4,7-8,13H,1-2,5-6,9-12H2,(H2,18,22). The lowest BCUT2D eigenvalue weighted by molar-refractivity contribution is -0.123. The summed E-state index contributed by atoms with van der Waals surface area (Å²) < 4.78 is 0. The molecule has 2 fully saturated rings. The van der Waals surface area contributed by atoms with E-state index in [1.165, 1.54) is 25.7 Å². The van der Waals surface area contributed by atoms with Gasteiger partial charge in [0.15, 0.2) is 0 Å². The molecule has 0 saturated carbocycles. The minimum absolute atomic E-state index is 0.00827. The van der Waals surface area contributed by atoms with Gasteiger partial charge in [0.2, 0.25) is 11.8 Å². The van der Waals surface area contributed by atoms with E-state index in [0.717, 1.165) is 24.5 Å². The number of carbonyl (C=O) groups excluding carboxylic acids is 2. The average Bonchev–Trinajstić information content (AvgIpc) is 2.74. The van der Waals surface area contributed by atoms with Crippen LogP contribution in [0.5, 0.6) is 0 Å². The second-order valence-corrected chi connectivity index (χ2v) is 6.20. The fourth-order valence-corrected chi connectivity index (χ4v) is 3.40. The Kier molecular flexibility index (Phi) is 4.32. The summed E-state index contributed by atoms with van der Waals surface area (Å²) in [5.41, 5.74) is 7.39. The van der Waals surface area contributed by atoms with Crippen LogP contribution in [0.15, 0.2) is 24.3 Å². The number of hydrogen-bond donors (Lipinski definition) is 1. The van der Waals surface area contributed by atoms with Gasteiger partial charge in [0.25, 0.3) is 0 Å². The van der Waals surface area contributed by atoms with E-state index in [4.69, 9.17) is 5.73 Å². The largest absolute Gasteiger partial charge is 0.370 e. The van der Waals surface area contributed by atoms with Crippen LogP contribution < -0.4 is 15.5 Å². The molecule has 0 radical (unpaired) electrons. The molecule has 3 rings (SSSR count). The lowest BCUT2D eigenvalue weighted by atomic mass is 10.1. The van der Waals surface area contributed by atoms with Gasteiger partial charge in [0.1, 0.15) is 0 Å². The van der Waals surface area contributed by atoms with Gasteiger partial charge in [0.05, 0.1) is 17.3 Å². The molecule has 2 aliphatic rings. The van der Waals surface area contributed by atoms with Crippen LogP contribution in [0.25, 0.3) is 0 Å². The minimum Gasteiger partial charge on any atom is -0.370 e. The Bertz CT molecular complexity index is 565. The third kappa shape index (κ3) is 2.93. The lowest BCUT2D eigenvalue weighted by Gasteiger charge is -2.28. The summed E-state index contributed by atoms with van der Waals surface area (Å²) in [6, 6.07) is 8.00. The van der Waals surface area contributed by atoms with Crippen LogP contribution in [0.1, 0.15) is 32.1 Å². The molecule has 2 heterocycles. The summed E-state index contributed by atoms with van der Waals surface area (Å²) in [6.45, 7) is 2.45. The molecule has 1 atom stereocenters. The molecule has 2 aliphatic heterocycles. The third-order valence-electron chi connectivity index (χ3n) is 4.65. The van der Waals surface area contributed by atoms with Crippen molar-refractivity contribution in [3.63, 3.8) is 0 Å². The zero-order valence-electron chi connectivity index (χ0n) is 12.8. The first-order valence-corrected chi connectivity index (χ1v) is 8.10. The van der Waals surface area contributed by atoms with Crippen LogP contribution in [0.2, 0.25) is 0 Å². The fraction of sp³-hybridized carbons (Fsp3) is 0.529. The van der Waals surface area contributed by atoms with Crippen LogP contribution >= 0.6 is 0 Å². The van der Waals surface area contributed by atoms with Gasteiger partial charge in [-0.15, -0.1) is 0 Å². The van der Waals surface area contributed by atoms with Gasteiger partial charge in [0, 0.05) is 26.1 Å². The molecule has 22 heavy (non-hydrogen) atoms. The third-order valence-corrected chi connectivity index (χ3v) is 4.65. The van der Waals surface area contributed by atoms with E-state index in [9.17, 15) is 9.59 Å². The molecule has 2 saturated heterocycles. The molecule has 1 unspecified atom stereocenters. The molecule has 0 bridgehead atoms. The number of primary amides is 1. The van der Waals surface area contributed by atoms with E-state index >= 15 is 0 Å².